The summed E-state index contributed by atoms with van der Waals surface area (Å²) in [6, 6.07) is 0. The van der Waals surface area contributed by atoms with Gasteiger partial charge in [0.15, 0.2) is 0 Å². The Morgan fingerprint density at radius 3 is 2.58 bits per heavy atom. The van der Waals surface area contributed by atoms with Crippen LogP contribution in [0.25, 0.3) is 0 Å². The predicted molar refractivity (Wildman–Crippen MR) is 47.0 cm³/mol. The number of hydrogen-bond acceptors (Lipinski definition) is 3. The maximum Gasteiger partial charge on any atom is 0.308 e. The number of carbonyl (C=O) groups is 1. The van der Waals surface area contributed by atoms with Gasteiger partial charge in [-0.2, -0.15) is 0 Å². The van der Waals surface area contributed by atoms with E-state index in [1.165, 1.54) is 0 Å². The first-order valence-corrected chi connectivity index (χ1v) is 4.54. The second kappa shape index (κ2) is 8.53. The van der Waals surface area contributed by atoms with Crippen LogP contribution in [-0.4, -0.2) is 25.8 Å². The molecule has 0 aliphatic heterocycles. The summed E-state index contributed by atoms with van der Waals surface area (Å²) < 4.78 is 9.92. The SMILES string of the molecule is CCCCOCCC(=O)OCC. The van der Waals surface area contributed by atoms with Crippen molar-refractivity contribution in [2.45, 2.75) is 33.1 Å². The fourth-order valence-electron chi connectivity index (χ4n) is 0.737. The van der Waals surface area contributed by atoms with E-state index in [0.29, 0.717) is 19.6 Å². The molecule has 0 aromatic rings. The van der Waals surface area contributed by atoms with Gasteiger partial charge in [-0.25, -0.2) is 0 Å². The van der Waals surface area contributed by atoms with Gasteiger partial charge in [-0.15, -0.1) is 0 Å². The van der Waals surface area contributed by atoms with Crippen molar-refractivity contribution in [3.05, 3.63) is 0 Å². The highest BCUT2D eigenvalue weighted by Gasteiger charge is 1.99. The van der Waals surface area contributed by atoms with Crippen LogP contribution in [0, 0.1) is 0 Å². The first-order valence-electron chi connectivity index (χ1n) is 4.54. The second-order valence-electron chi connectivity index (χ2n) is 2.52. The number of ether oxygens (including phenoxy) is 2. The van der Waals surface area contributed by atoms with E-state index in [2.05, 4.69) is 6.92 Å². The van der Waals surface area contributed by atoms with E-state index in [1.54, 1.807) is 6.92 Å². The molecule has 0 spiro atoms. The van der Waals surface area contributed by atoms with Gasteiger partial charge in [-0.1, -0.05) is 13.3 Å². The van der Waals surface area contributed by atoms with Crippen LogP contribution in [0.15, 0.2) is 0 Å². The zero-order chi connectivity index (χ0) is 9.23. The minimum absolute atomic E-state index is 0.172. The highest BCUT2D eigenvalue weighted by molar-refractivity contribution is 5.69. The molecule has 12 heavy (non-hydrogen) atoms. The standard InChI is InChI=1S/C9H18O3/c1-3-5-7-11-8-6-9(10)12-4-2/h3-8H2,1-2H3. The Morgan fingerprint density at radius 1 is 1.25 bits per heavy atom. The third kappa shape index (κ3) is 7.54. The van der Waals surface area contributed by atoms with Gasteiger partial charge < -0.3 is 9.47 Å². The zero-order valence-electron chi connectivity index (χ0n) is 7.97. The normalized spacial score (nSPS) is 9.83. The Morgan fingerprint density at radius 2 is 2.00 bits per heavy atom. The van der Waals surface area contributed by atoms with Crippen LogP contribution in [0.5, 0.6) is 0 Å². The summed E-state index contributed by atoms with van der Waals surface area (Å²) in [5.41, 5.74) is 0. The monoisotopic (exact) mass is 174 g/mol. The van der Waals surface area contributed by atoms with Gasteiger partial charge in [-0.05, 0) is 13.3 Å². The first kappa shape index (κ1) is 11.4. The number of esters is 1. The molecule has 0 unspecified atom stereocenters. The highest BCUT2D eigenvalue weighted by Crippen LogP contribution is 1.91. The molecule has 0 heterocycles. The molecule has 0 atom stereocenters. The molecule has 0 aliphatic rings. The summed E-state index contributed by atoms with van der Waals surface area (Å²) in [4.78, 5) is 10.8. The highest BCUT2D eigenvalue weighted by atomic mass is 16.5. The van der Waals surface area contributed by atoms with Crippen LogP contribution < -0.4 is 0 Å². The predicted octanol–water partition coefficient (Wildman–Crippen LogP) is 1.76. The van der Waals surface area contributed by atoms with Gasteiger partial charge in [0.25, 0.3) is 0 Å². The van der Waals surface area contributed by atoms with Crippen LogP contribution in [0.3, 0.4) is 0 Å². The molecule has 3 nitrogen and oxygen atoms in total. The quantitative estimate of drug-likeness (QED) is 0.436. The van der Waals surface area contributed by atoms with E-state index in [4.69, 9.17) is 9.47 Å². The van der Waals surface area contributed by atoms with E-state index >= 15 is 0 Å². The van der Waals surface area contributed by atoms with Crippen LogP contribution in [0.1, 0.15) is 33.1 Å². The van der Waals surface area contributed by atoms with Crippen molar-refractivity contribution < 1.29 is 14.3 Å². The number of rotatable bonds is 7. The van der Waals surface area contributed by atoms with Crippen molar-refractivity contribution in [1.29, 1.82) is 0 Å². The fraction of sp³-hybridized carbons (Fsp3) is 0.889. The van der Waals surface area contributed by atoms with Crippen LogP contribution in [0.4, 0.5) is 0 Å². The fourth-order valence-corrected chi connectivity index (χ4v) is 0.737. The first-order chi connectivity index (χ1) is 5.81. The number of carbonyl (C=O) groups excluding carboxylic acids is 1. The molecule has 3 heteroatoms. The van der Waals surface area contributed by atoms with Crippen molar-refractivity contribution in [3.8, 4) is 0 Å². The van der Waals surface area contributed by atoms with Gasteiger partial charge in [0, 0.05) is 6.61 Å². The van der Waals surface area contributed by atoms with Crippen molar-refractivity contribution in [2.75, 3.05) is 19.8 Å². The number of hydrogen-bond donors (Lipinski definition) is 0. The van der Waals surface area contributed by atoms with Gasteiger partial charge in [0.1, 0.15) is 0 Å². The van der Waals surface area contributed by atoms with Gasteiger partial charge >= 0.3 is 5.97 Å². The molecule has 0 aliphatic carbocycles. The molecule has 0 radical (unpaired) electrons. The molecule has 0 fully saturated rings. The van der Waals surface area contributed by atoms with Gasteiger partial charge in [0.05, 0.1) is 19.6 Å². The second-order valence-corrected chi connectivity index (χ2v) is 2.52. The molecular formula is C9H18O3. The van der Waals surface area contributed by atoms with Crippen molar-refractivity contribution in [2.24, 2.45) is 0 Å². The average molecular weight is 174 g/mol. The summed E-state index contributed by atoms with van der Waals surface area (Å²) >= 11 is 0. The minimum atomic E-state index is -0.172. The minimum Gasteiger partial charge on any atom is -0.466 e. The Hall–Kier alpha value is -0.570. The number of unbranched alkanes of at least 4 members (excludes halogenated alkanes) is 1. The lowest BCUT2D eigenvalue weighted by molar-refractivity contribution is -0.144. The summed E-state index contributed by atoms with van der Waals surface area (Å²) in [5.74, 6) is -0.172. The summed E-state index contributed by atoms with van der Waals surface area (Å²) in [5, 5.41) is 0. The topological polar surface area (TPSA) is 35.5 Å². The molecule has 0 rings (SSSR count). The van der Waals surface area contributed by atoms with E-state index in [9.17, 15) is 4.79 Å². The molecule has 0 saturated heterocycles. The maximum atomic E-state index is 10.8. The van der Waals surface area contributed by atoms with Crippen LogP contribution in [0.2, 0.25) is 0 Å². The Labute approximate surface area is 74.0 Å². The largest absolute Gasteiger partial charge is 0.466 e. The van der Waals surface area contributed by atoms with Gasteiger partial charge in [-0.3, -0.25) is 4.79 Å². The summed E-state index contributed by atoms with van der Waals surface area (Å²) in [6.07, 6.45) is 2.56. The van der Waals surface area contributed by atoms with E-state index in [-0.39, 0.29) is 5.97 Å². The zero-order valence-corrected chi connectivity index (χ0v) is 7.97. The molecule has 72 valence electrons. The van der Waals surface area contributed by atoms with Crippen molar-refractivity contribution >= 4 is 5.97 Å². The van der Waals surface area contributed by atoms with E-state index < -0.39 is 0 Å². The Balaban J connectivity index is 3.03. The van der Waals surface area contributed by atoms with Crippen molar-refractivity contribution in [1.82, 2.24) is 0 Å². The van der Waals surface area contributed by atoms with Crippen molar-refractivity contribution in [3.63, 3.8) is 0 Å². The average Bonchev–Trinajstić information content (AvgIpc) is 2.05. The lowest BCUT2D eigenvalue weighted by atomic mass is 10.4. The maximum absolute atomic E-state index is 10.8. The molecule has 0 bridgehead atoms. The van der Waals surface area contributed by atoms with Crippen LogP contribution in [-0.2, 0) is 14.3 Å². The molecule has 0 saturated carbocycles. The molecular weight excluding hydrogens is 156 g/mol. The lowest BCUT2D eigenvalue weighted by Crippen LogP contribution is -2.08. The van der Waals surface area contributed by atoms with E-state index in [1.807, 2.05) is 0 Å². The van der Waals surface area contributed by atoms with E-state index in [0.717, 1.165) is 19.4 Å². The van der Waals surface area contributed by atoms with Crippen LogP contribution >= 0.6 is 0 Å². The Bertz CT molecular complexity index is 112. The summed E-state index contributed by atoms with van der Waals surface area (Å²) in [7, 11) is 0. The third-order valence-electron chi connectivity index (χ3n) is 1.40. The lowest BCUT2D eigenvalue weighted by Gasteiger charge is -2.02. The molecule has 0 aromatic carbocycles. The Kier molecular flexibility index (Phi) is 8.12. The smallest absolute Gasteiger partial charge is 0.308 e. The third-order valence-corrected chi connectivity index (χ3v) is 1.40. The summed E-state index contributed by atoms with van der Waals surface area (Å²) in [6.45, 7) is 5.59. The molecule has 0 N–H and O–H groups in total. The molecule has 0 amide bonds. The molecule has 0 aromatic heterocycles. The van der Waals surface area contributed by atoms with Gasteiger partial charge in [0.2, 0.25) is 0 Å².